The van der Waals surface area contributed by atoms with Crippen LogP contribution in [0.3, 0.4) is 0 Å². The number of fused-ring (bicyclic) bond motifs is 2. The summed E-state index contributed by atoms with van der Waals surface area (Å²) < 4.78 is 21.8. The molecule has 0 amide bonds. The maximum atomic E-state index is 13.3. The van der Waals surface area contributed by atoms with Crippen LogP contribution in [0.4, 0.5) is 0 Å². The fourth-order valence-corrected chi connectivity index (χ4v) is 4.28. The third-order valence-electron chi connectivity index (χ3n) is 5.74. The lowest BCUT2D eigenvalue weighted by molar-refractivity contribution is 0.0978. The molecule has 3 aromatic carbocycles. The highest BCUT2D eigenvalue weighted by molar-refractivity contribution is 6.16. The maximum Gasteiger partial charge on any atom is 0.203 e. The molecule has 0 aliphatic heterocycles. The largest absolute Gasteiger partial charge is 0.507 e. The van der Waals surface area contributed by atoms with E-state index in [-0.39, 0.29) is 22.6 Å². The van der Waals surface area contributed by atoms with Gasteiger partial charge >= 0.3 is 0 Å². The molecule has 2 N–H and O–H groups in total. The van der Waals surface area contributed by atoms with Gasteiger partial charge in [-0.1, -0.05) is 24.3 Å². The molecule has 0 heterocycles. The van der Waals surface area contributed by atoms with Crippen LogP contribution in [0, 0.1) is 0 Å². The summed E-state index contributed by atoms with van der Waals surface area (Å²) in [6.45, 7) is 0. The number of phenolic OH excluding ortho intramolecular Hbond substituents is 2. The summed E-state index contributed by atoms with van der Waals surface area (Å²) in [6, 6.07) is 12.0. The first kappa shape index (κ1) is 21.5. The minimum absolute atomic E-state index is 0.135. The first-order valence-electron chi connectivity index (χ1n) is 9.98. The zero-order valence-electron chi connectivity index (χ0n) is 18.3. The van der Waals surface area contributed by atoms with Crippen molar-refractivity contribution in [1.29, 1.82) is 0 Å². The fraction of sp³-hybridized carbons (Fsp3) is 0.240. The van der Waals surface area contributed by atoms with Crippen LogP contribution in [0.1, 0.15) is 44.3 Å². The smallest absolute Gasteiger partial charge is 0.203 e. The highest BCUT2D eigenvalue weighted by atomic mass is 16.5. The Balaban J connectivity index is 1.81. The Morgan fingerprint density at radius 1 is 0.844 bits per heavy atom. The molecule has 0 bridgehead atoms. The second kappa shape index (κ2) is 8.43. The lowest BCUT2D eigenvalue weighted by atomic mass is 9.80. The van der Waals surface area contributed by atoms with Crippen molar-refractivity contribution < 1.29 is 34.0 Å². The second-order valence-corrected chi connectivity index (χ2v) is 7.43. The Kier molecular flexibility index (Phi) is 5.67. The van der Waals surface area contributed by atoms with Crippen LogP contribution in [0.5, 0.6) is 28.7 Å². The minimum Gasteiger partial charge on any atom is -0.507 e. The van der Waals surface area contributed by atoms with Crippen LogP contribution in [0.15, 0.2) is 42.5 Å². The molecule has 0 aromatic heterocycles. The molecule has 1 atom stereocenters. The van der Waals surface area contributed by atoms with E-state index < -0.39 is 11.9 Å². The zero-order valence-corrected chi connectivity index (χ0v) is 18.3. The minimum atomic E-state index is -0.578. The summed E-state index contributed by atoms with van der Waals surface area (Å²) in [4.78, 5) is 13.3. The number of carbonyl (C=O) groups is 1. The number of methoxy groups -OCH3 is 4. The summed E-state index contributed by atoms with van der Waals surface area (Å²) in [5.74, 6) is 0.735. The standard InChI is InChI=1S/C25H24O7/c1-29-18-11-13(12-19(30-2)25(18)32-4)10-14-8-9-16-21(22(14)27)23(28)20-15(24(16)31-3)6-5-7-17(20)26/h5-9,11-12,24,26-27H,10H2,1-4H3. The number of benzene rings is 3. The van der Waals surface area contributed by atoms with Crippen molar-refractivity contribution >= 4 is 5.78 Å². The summed E-state index contributed by atoms with van der Waals surface area (Å²) in [6.07, 6.45) is -0.264. The summed E-state index contributed by atoms with van der Waals surface area (Å²) >= 11 is 0. The molecular formula is C25H24O7. The van der Waals surface area contributed by atoms with Crippen molar-refractivity contribution in [3.63, 3.8) is 0 Å². The van der Waals surface area contributed by atoms with Gasteiger partial charge in [0.25, 0.3) is 0 Å². The van der Waals surface area contributed by atoms with E-state index in [0.717, 1.165) is 5.56 Å². The van der Waals surface area contributed by atoms with Gasteiger partial charge in [-0.05, 0) is 29.3 Å². The molecule has 0 spiro atoms. The van der Waals surface area contributed by atoms with Gasteiger partial charge in [0.05, 0.1) is 32.5 Å². The van der Waals surface area contributed by atoms with Crippen molar-refractivity contribution in [3.05, 3.63) is 75.8 Å². The van der Waals surface area contributed by atoms with Gasteiger partial charge in [0, 0.05) is 24.7 Å². The Morgan fingerprint density at radius 3 is 2.09 bits per heavy atom. The van der Waals surface area contributed by atoms with Gasteiger partial charge in [0.2, 0.25) is 11.5 Å². The highest BCUT2D eigenvalue weighted by Gasteiger charge is 2.36. The van der Waals surface area contributed by atoms with Crippen LogP contribution in [0.2, 0.25) is 0 Å². The van der Waals surface area contributed by atoms with Gasteiger partial charge in [0.15, 0.2) is 11.5 Å². The average Bonchev–Trinajstić information content (AvgIpc) is 2.80. The number of rotatable bonds is 6. The van der Waals surface area contributed by atoms with Gasteiger partial charge in [-0.2, -0.15) is 0 Å². The molecule has 166 valence electrons. The third-order valence-corrected chi connectivity index (χ3v) is 5.74. The molecule has 4 rings (SSSR count). The topological polar surface area (TPSA) is 94.5 Å². The van der Waals surface area contributed by atoms with E-state index in [1.807, 2.05) is 0 Å². The van der Waals surface area contributed by atoms with E-state index in [4.69, 9.17) is 18.9 Å². The summed E-state index contributed by atoms with van der Waals surface area (Å²) in [5, 5.41) is 21.4. The molecule has 1 unspecified atom stereocenters. The van der Waals surface area contributed by atoms with Crippen LogP contribution in [-0.4, -0.2) is 44.4 Å². The normalized spacial score (nSPS) is 14.5. The van der Waals surface area contributed by atoms with Crippen molar-refractivity contribution in [2.45, 2.75) is 12.5 Å². The van der Waals surface area contributed by atoms with Gasteiger partial charge in [-0.25, -0.2) is 0 Å². The van der Waals surface area contributed by atoms with Crippen LogP contribution in [-0.2, 0) is 11.2 Å². The third kappa shape index (κ3) is 3.31. The lowest BCUT2D eigenvalue weighted by Gasteiger charge is -2.28. The van der Waals surface area contributed by atoms with E-state index in [1.165, 1.54) is 34.5 Å². The Bertz CT molecular complexity index is 1170. The van der Waals surface area contributed by atoms with E-state index in [0.29, 0.717) is 40.4 Å². The molecule has 1 aliphatic rings. The molecule has 7 nitrogen and oxygen atoms in total. The molecule has 3 aromatic rings. The number of hydrogen-bond acceptors (Lipinski definition) is 7. The molecule has 0 fully saturated rings. The van der Waals surface area contributed by atoms with Crippen molar-refractivity contribution in [1.82, 2.24) is 0 Å². The first-order chi connectivity index (χ1) is 15.4. The van der Waals surface area contributed by atoms with Crippen LogP contribution < -0.4 is 14.2 Å². The van der Waals surface area contributed by atoms with Crippen molar-refractivity contribution in [2.24, 2.45) is 0 Å². The number of hydrogen-bond donors (Lipinski definition) is 2. The number of phenols is 2. The SMILES string of the molecule is COc1cc(Cc2ccc3c(c2O)C(=O)c2c(O)cccc2C3OC)cc(OC)c1OC. The number of carbonyl (C=O) groups excluding carboxylic acids is 1. The zero-order chi connectivity index (χ0) is 23.0. The number of aromatic hydroxyl groups is 2. The van der Waals surface area contributed by atoms with E-state index >= 15 is 0 Å². The molecule has 0 saturated heterocycles. The van der Waals surface area contributed by atoms with E-state index in [9.17, 15) is 15.0 Å². The highest BCUT2D eigenvalue weighted by Crippen LogP contribution is 2.45. The van der Waals surface area contributed by atoms with Crippen molar-refractivity contribution in [2.75, 3.05) is 28.4 Å². The quantitative estimate of drug-likeness (QED) is 0.603. The molecular weight excluding hydrogens is 412 g/mol. The number of ketones is 1. The van der Waals surface area contributed by atoms with Gasteiger partial charge in [0.1, 0.15) is 17.6 Å². The van der Waals surface area contributed by atoms with Gasteiger partial charge < -0.3 is 29.2 Å². The Hall–Kier alpha value is -3.71. The number of ether oxygens (including phenoxy) is 4. The molecule has 32 heavy (non-hydrogen) atoms. The molecule has 7 heteroatoms. The summed E-state index contributed by atoms with van der Waals surface area (Å²) in [5.41, 5.74) is 2.75. The predicted octanol–water partition coefficient (Wildman–Crippen LogP) is 3.99. The monoisotopic (exact) mass is 436 g/mol. The van der Waals surface area contributed by atoms with Gasteiger partial charge in [-0.3, -0.25) is 4.79 Å². The van der Waals surface area contributed by atoms with E-state index in [2.05, 4.69) is 0 Å². The molecule has 1 aliphatic carbocycles. The average molecular weight is 436 g/mol. The van der Waals surface area contributed by atoms with Crippen molar-refractivity contribution in [3.8, 4) is 28.7 Å². The Morgan fingerprint density at radius 2 is 1.50 bits per heavy atom. The molecule has 0 saturated carbocycles. The first-order valence-corrected chi connectivity index (χ1v) is 9.98. The Labute approximate surface area is 185 Å². The van der Waals surface area contributed by atoms with Crippen LogP contribution >= 0.6 is 0 Å². The molecule has 0 radical (unpaired) electrons. The fourth-order valence-electron chi connectivity index (χ4n) is 4.28. The van der Waals surface area contributed by atoms with Crippen LogP contribution in [0.25, 0.3) is 0 Å². The predicted molar refractivity (Wildman–Crippen MR) is 117 cm³/mol. The van der Waals surface area contributed by atoms with Gasteiger partial charge in [-0.15, -0.1) is 0 Å². The second-order valence-electron chi connectivity index (χ2n) is 7.43. The summed E-state index contributed by atoms with van der Waals surface area (Å²) in [7, 11) is 6.12. The maximum absolute atomic E-state index is 13.3. The van der Waals surface area contributed by atoms with E-state index in [1.54, 1.807) is 36.4 Å². The lowest BCUT2D eigenvalue weighted by Crippen LogP contribution is -2.21.